The van der Waals surface area contributed by atoms with Gasteiger partial charge in [-0.15, -0.1) is 0 Å². The van der Waals surface area contributed by atoms with Crippen LogP contribution in [0, 0.1) is 0 Å². The molecule has 0 radical (unpaired) electrons. The topological polar surface area (TPSA) is 74.6 Å². The number of carbonyl (C=O) groups is 2. The van der Waals surface area contributed by atoms with Crippen molar-refractivity contribution >= 4 is 11.8 Å². The zero-order valence-corrected chi connectivity index (χ0v) is 14.2. The van der Waals surface area contributed by atoms with E-state index >= 15 is 0 Å². The molecule has 0 aliphatic carbocycles. The summed E-state index contributed by atoms with van der Waals surface area (Å²) in [6, 6.07) is 0. The van der Waals surface area contributed by atoms with Crippen molar-refractivity contribution in [3.05, 3.63) is 0 Å². The van der Waals surface area contributed by atoms with Crippen molar-refractivity contribution in [3.63, 3.8) is 0 Å². The Labute approximate surface area is 135 Å². The van der Waals surface area contributed by atoms with Crippen LogP contribution in [0.3, 0.4) is 0 Å². The molecular formula is C18H34O4. The Morgan fingerprint density at radius 3 is 1.82 bits per heavy atom. The third-order valence-corrected chi connectivity index (χ3v) is 4.02. The number of hydrogen-bond donors (Lipinski definition) is 2. The van der Waals surface area contributed by atoms with E-state index in [0.717, 1.165) is 12.8 Å². The number of hydrogen-bond acceptors (Lipinski definition) is 3. The number of carboxylic acids is 1. The van der Waals surface area contributed by atoms with Gasteiger partial charge in [-0.3, -0.25) is 9.59 Å². The first-order valence-corrected chi connectivity index (χ1v) is 9.00. The van der Waals surface area contributed by atoms with Crippen molar-refractivity contribution in [2.45, 2.75) is 103 Å². The number of unbranched alkanes of at least 4 members (excludes halogenated alkanes) is 9. The van der Waals surface area contributed by atoms with Crippen molar-refractivity contribution in [2.24, 2.45) is 0 Å². The van der Waals surface area contributed by atoms with Gasteiger partial charge in [-0.05, 0) is 25.7 Å². The molecule has 0 aliphatic rings. The number of aliphatic carboxylic acids is 1. The lowest BCUT2D eigenvalue weighted by Crippen LogP contribution is -2.20. The van der Waals surface area contributed by atoms with E-state index in [1.54, 1.807) is 0 Å². The van der Waals surface area contributed by atoms with Gasteiger partial charge in [0.1, 0.15) is 6.10 Å². The minimum absolute atomic E-state index is 0.0849. The average molecular weight is 314 g/mol. The summed E-state index contributed by atoms with van der Waals surface area (Å²) in [6.07, 6.45) is 12.1. The highest BCUT2D eigenvalue weighted by molar-refractivity contribution is 5.82. The largest absolute Gasteiger partial charge is 0.481 e. The standard InChI is InChI=1S/C18H34O4/c1-2-3-4-5-6-7-8-9-10-13-16(19)17(20)14-11-12-15-18(21)22/h17,20H,2-15H2,1H3,(H,21,22). The highest BCUT2D eigenvalue weighted by Gasteiger charge is 2.14. The molecule has 0 amide bonds. The van der Waals surface area contributed by atoms with Crippen LogP contribution in [0.2, 0.25) is 0 Å². The molecule has 2 N–H and O–H groups in total. The second kappa shape index (κ2) is 15.0. The minimum atomic E-state index is -0.900. The van der Waals surface area contributed by atoms with E-state index in [-0.39, 0.29) is 12.2 Å². The Morgan fingerprint density at radius 1 is 0.773 bits per heavy atom. The molecule has 0 bridgehead atoms. The van der Waals surface area contributed by atoms with Crippen molar-refractivity contribution in [1.82, 2.24) is 0 Å². The van der Waals surface area contributed by atoms with Crippen molar-refractivity contribution in [1.29, 1.82) is 0 Å². The SMILES string of the molecule is CCCCCCCCCCCC(=O)C(O)CCCCC(=O)O. The molecule has 1 unspecified atom stereocenters. The van der Waals surface area contributed by atoms with Crippen LogP contribution in [-0.2, 0) is 9.59 Å². The Hall–Kier alpha value is -0.900. The average Bonchev–Trinajstić information content (AvgIpc) is 2.49. The fourth-order valence-electron chi connectivity index (χ4n) is 2.55. The normalized spacial score (nSPS) is 12.3. The van der Waals surface area contributed by atoms with E-state index in [2.05, 4.69) is 6.92 Å². The Balaban J connectivity index is 3.38. The van der Waals surface area contributed by atoms with E-state index in [1.165, 1.54) is 44.9 Å². The second-order valence-corrected chi connectivity index (χ2v) is 6.20. The monoisotopic (exact) mass is 314 g/mol. The summed E-state index contributed by atoms with van der Waals surface area (Å²) < 4.78 is 0. The lowest BCUT2D eigenvalue weighted by atomic mass is 10.0. The van der Waals surface area contributed by atoms with Crippen LogP contribution < -0.4 is 0 Å². The van der Waals surface area contributed by atoms with Gasteiger partial charge in [-0.2, -0.15) is 0 Å². The first kappa shape index (κ1) is 21.1. The van der Waals surface area contributed by atoms with E-state index in [0.29, 0.717) is 25.7 Å². The highest BCUT2D eigenvalue weighted by Crippen LogP contribution is 2.12. The molecule has 0 saturated heterocycles. The number of rotatable bonds is 16. The predicted molar refractivity (Wildman–Crippen MR) is 89.0 cm³/mol. The van der Waals surface area contributed by atoms with Crippen LogP contribution in [0.15, 0.2) is 0 Å². The number of aliphatic hydroxyl groups excluding tert-OH is 1. The van der Waals surface area contributed by atoms with Gasteiger partial charge in [-0.1, -0.05) is 58.3 Å². The molecule has 0 spiro atoms. The molecule has 0 aliphatic heterocycles. The zero-order valence-electron chi connectivity index (χ0n) is 14.2. The molecule has 0 heterocycles. The quantitative estimate of drug-likeness (QED) is 0.412. The maximum atomic E-state index is 11.7. The van der Waals surface area contributed by atoms with Gasteiger partial charge in [0.25, 0.3) is 0 Å². The van der Waals surface area contributed by atoms with Gasteiger partial charge in [-0.25, -0.2) is 0 Å². The molecule has 4 heteroatoms. The summed E-state index contributed by atoms with van der Waals surface area (Å²) in [5, 5.41) is 18.2. The molecule has 4 nitrogen and oxygen atoms in total. The van der Waals surface area contributed by atoms with Gasteiger partial charge in [0.05, 0.1) is 0 Å². The van der Waals surface area contributed by atoms with E-state index < -0.39 is 12.1 Å². The number of carboxylic acid groups (broad SMARTS) is 1. The van der Waals surface area contributed by atoms with Gasteiger partial charge < -0.3 is 10.2 Å². The van der Waals surface area contributed by atoms with Gasteiger partial charge in [0.15, 0.2) is 5.78 Å². The molecule has 0 fully saturated rings. The van der Waals surface area contributed by atoms with Crippen LogP contribution in [0.5, 0.6) is 0 Å². The molecule has 0 rings (SSSR count). The maximum Gasteiger partial charge on any atom is 0.303 e. The molecule has 0 aromatic rings. The molecule has 0 aromatic carbocycles. The summed E-state index contributed by atoms with van der Waals surface area (Å²) in [5.41, 5.74) is 0. The fraction of sp³-hybridized carbons (Fsp3) is 0.889. The fourth-order valence-corrected chi connectivity index (χ4v) is 2.55. The Morgan fingerprint density at radius 2 is 1.27 bits per heavy atom. The third-order valence-electron chi connectivity index (χ3n) is 4.02. The highest BCUT2D eigenvalue weighted by atomic mass is 16.4. The molecule has 0 aromatic heterocycles. The van der Waals surface area contributed by atoms with Crippen LogP contribution in [0.25, 0.3) is 0 Å². The molecular weight excluding hydrogens is 280 g/mol. The van der Waals surface area contributed by atoms with Crippen molar-refractivity contribution < 1.29 is 19.8 Å². The number of ketones is 1. The van der Waals surface area contributed by atoms with Crippen LogP contribution in [-0.4, -0.2) is 28.1 Å². The molecule has 130 valence electrons. The predicted octanol–water partition coefficient (Wildman–Crippen LogP) is 4.48. The van der Waals surface area contributed by atoms with Gasteiger partial charge >= 0.3 is 5.97 Å². The lowest BCUT2D eigenvalue weighted by Gasteiger charge is -2.09. The Bertz CT molecular complexity index is 289. The lowest BCUT2D eigenvalue weighted by molar-refractivity contribution is -0.137. The van der Waals surface area contributed by atoms with Crippen molar-refractivity contribution in [3.8, 4) is 0 Å². The maximum absolute atomic E-state index is 11.7. The first-order chi connectivity index (χ1) is 10.6. The van der Waals surface area contributed by atoms with Crippen molar-refractivity contribution in [2.75, 3.05) is 0 Å². The summed E-state index contributed by atoms with van der Waals surface area (Å²) >= 11 is 0. The first-order valence-electron chi connectivity index (χ1n) is 9.00. The van der Waals surface area contributed by atoms with Crippen LogP contribution in [0.1, 0.15) is 96.8 Å². The summed E-state index contributed by atoms with van der Waals surface area (Å²) in [4.78, 5) is 22.1. The summed E-state index contributed by atoms with van der Waals surface area (Å²) in [7, 11) is 0. The number of Topliss-reactive ketones (excluding diaryl/α,β-unsaturated/α-hetero) is 1. The molecule has 22 heavy (non-hydrogen) atoms. The minimum Gasteiger partial charge on any atom is -0.481 e. The van der Waals surface area contributed by atoms with E-state index in [9.17, 15) is 14.7 Å². The Kier molecular flexibility index (Phi) is 14.4. The van der Waals surface area contributed by atoms with E-state index in [4.69, 9.17) is 5.11 Å². The zero-order chi connectivity index (χ0) is 16.6. The van der Waals surface area contributed by atoms with E-state index in [1.807, 2.05) is 0 Å². The number of aliphatic hydroxyl groups is 1. The van der Waals surface area contributed by atoms with Crippen LogP contribution in [0.4, 0.5) is 0 Å². The number of carbonyl (C=O) groups excluding carboxylic acids is 1. The molecule has 1 atom stereocenters. The second-order valence-electron chi connectivity index (χ2n) is 6.20. The molecule has 0 saturated carbocycles. The summed E-state index contributed by atoms with van der Waals surface area (Å²) in [5.74, 6) is -0.909. The van der Waals surface area contributed by atoms with Gasteiger partial charge in [0, 0.05) is 12.8 Å². The van der Waals surface area contributed by atoms with Crippen LogP contribution >= 0.6 is 0 Å². The smallest absolute Gasteiger partial charge is 0.303 e. The summed E-state index contributed by atoms with van der Waals surface area (Å²) in [6.45, 7) is 2.22. The van der Waals surface area contributed by atoms with Gasteiger partial charge in [0.2, 0.25) is 0 Å². The third kappa shape index (κ3) is 14.1.